The lowest BCUT2D eigenvalue weighted by Gasteiger charge is -2.39. The molecular weight excluding hydrogens is 725 g/mol. The van der Waals surface area contributed by atoms with Crippen molar-refractivity contribution in [2.24, 2.45) is 10.9 Å². The lowest BCUT2D eigenvalue weighted by atomic mass is 9.99. The van der Waals surface area contributed by atoms with E-state index in [1.807, 2.05) is 42.2 Å². The van der Waals surface area contributed by atoms with Crippen LogP contribution in [0.1, 0.15) is 79.5 Å². The average Bonchev–Trinajstić information content (AvgIpc) is 3.92. The molecule has 0 radical (unpaired) electrons. The van der Waals surface area contributed by atoms with Crippen molar-refractivity contribution < 1.29 is 14.4 Å². The minimum Gasteiger partial charge on any atom is -0.384 e. The molecule has 3 aromatic heterocycles. The van der Waals surface area contributed by atoms with Gasteiger partial charge in [0.25, 0.3) is 5.91 Å². The number of aliphatic imine (C=N–C) groups is 1. The fourth-order valence-electron chi connectivity index (χ4n) is 8.13. The highest BCUT2D eigenvalue weighted by molar-refractivity contribution is 7.15. The number of nitrogens with zero attached hydrogens (tertiary/aromatic N) is 8. The third-order valence-electron chi connectivity index (χ3n) is 11.2. The van der Waals surface area contributed by atoms with Gasteiger partial charge in [0.2, 0.25) is 11.8 Å². The number of aryl methyl sites for hydroxylation is 3. The van der Waals surface area contributed by atoms with Crippen LogP contribution >= 0.6 is 11.3 Å². The summed E-state index contributed by atoms with van der Waals surface area (Å²) in [6.07, 6.45) is 5.45. The number of piperidine rings is 1. The Kier molecular flexibility index (Phi) is 9.35. The topological polar surface area (TPSA) is 143 Å². The van der Waals surface area contributed by atoms with Crippen LogP contribution in [0.25, 0.3) is 5.00 Å². The van der Waals surface area contributed by atoms with Gasteiger partial charge < -0.3 is 15.1 Å². The molecule has 3 amide bonds. The maximum atomic E-state index is 13.2. The van der Waals surface area contributed by atoms with E-state index in [1.165, 1.54) is 5.56 Å². The molecule has 14 heteroatoms. The number of hydrogen-bond acceptors (Lipinski definition) is 10. The van der Waals surface area contributed by atoms with Crippen molar-refractivity contribution in [3.8, 4) is 16.8 Å². The summed E-state index contributed by atoms with van der Waals surface area (Å²) in [5.41, 5.74) is 8.80. The zero-order valence-corrected chi connectivity index (χ0v) is 32.4. The van der Waals surface area contributed by atoms with E-state index in [-0.39, 0.29) is 18.2 Å². The molecule has 13 nitrogen and oxygen atoms in total. The van der Waals surface area contributed by atoms with Crippen LogP contribution in [0.5, 0.6) is 0 Å². The normalized spacial score (nSPS) is 18.0. The lowest BCUT2D eigenvalue weighted by molar-refractivity contribution is -0.136. The quantitative estimate of drug-likeness (QED) is 0.166. The second-order valence-corrected chi connectivity index (χ2v) is 16.1. The van der Waals surface area contributed by atoms with Gasteiger partial charge >= 0.3 is 0 Å². The monoisotopic (exact) mass is 766 g/mol. The average molecular weight is 767 g/mol. The molecule has 5 aromatic rings. The minimum absolute atomic E-state index is 0.152. The van der Waals surface area contributed by atoms with Gasteiger partial charge in [-0.2, -0.15) is 5.10 Å². The molecule has 4 aliphatic heterocycles. The highest BCUT2D eigenvalue weighted by atomic mass is 32.1. The zero-order chi connectivity index (χ0) is 38.5. The molecule has 7 heterocycles. The van der Waals surface area contributed by atoms with Crippen molar-refractivity contribution in [3.63, 3.8) is 0 Å². The zero-order valence-electron chi connectivity index (χ0n) is 31.6. The number of hydrogen-bond donors (Lipinski definition) is 2. The number of carbonyl (C=O) groups excluding carboxylic acids is 3. The van der Waals surface area contributed by atoms with E-state index in [1.54, 1.807) is 16.2 Å². The molecule has 56 heavy (non-hydrogen) atoms. The van der Waals surface area contributed by atoms with Crippen molar-refractivity contribution >= 4 is 40.5 Å². The second-order valence-electron chi connectivity index (χ2n) is 15.1. The molecule has 2 fully saturated rings. The summed E-state index contributed by atoms with van der Waals surface area (Å²) >= 11 is 1.66. The van der Waals surface area contributed by atoms with E-state index in [9.17, 15) is 14.4 Å². The largest absolute Gasteiger partial charge is 0.384 e. The van der Waals surface area contributed by atoms with Crippen LogP contribution < -0.4 is 10.6 Å². The summed E-state index contributed by atoms with van der Waals surface area (Å²) in [7, 11) is 0. The predicted octanol–water partition coefficient (Wildman–Crippen LogP) is 4.40. The van der Waals surface area contributed by atoms with Crippen LogP contribution in [-0.2, 0) is 29.2 Å². The van der Waals surface area contributed by atoms with Crippen LogP contribution in [0, 0.1) is 38.5 Å². The molecule has 1 unspecified atom stereocenters. The smallest absolute Gasteiger partial charge is 0.255 e. The molecule has 284 valence electrons. The van der Waals surface area contributed by atoms with Crippen molar-refractivity contribution in [1.29, 1.82) is 0 Å². The number of anilines is 1. The number of amides is 3. The van der Waals surface area contributed by atoms with Crippen molar-refractivity contribution in [1.82, 2.24) is 39.7 Å². The Balaban J connectivity index is 0.781. The van der Waals surface area contributed by atoms with Crippen LogP contribution in [0.15, 0.2) is 59.9 Å². The summed E-state index contributed by atoms with van der Waals surface area (Å²) in [4.78, 5) is 47.3. The Morgan fingerprint density at radius 2 is 1.84 bits per heavy atom. The first-order chi connectivity index (χ1) is 27.2. The molecular formula is C42H42N10O3S. The number of carbonyl (C=O) groups is 3. The molecule has 0 bridgehead atoms. The number of imide groups is 1. The Morgan fingerprint density at radius 1 is 1.00 bits per heavy atom. The first-order valence-electron chi connectivity index (χ1n) is 19.1. The molecule has 0 spiro atoms. The van der Waals surface area contributed by atoms with Crippen LogP contribution in [0.4, 0.5) is 5.69 Å². The van der Waals surface area contributed by atoms with Gasteiger partial charge in [0.05, 0.1) is 22.3 Å². The second kappa shape index (κ2) is 14.6. The number of benzene rings is 2. The fourth-order valence-corrected chi connectivity index (χ4v) is 9.36. The lowest BCUT2D eigenvalue weighted by Crippen LogP contribution is -2.52. The van der Waals surface area contributed by atoms with E-state index < -0.39 is 11.9 Å². The molecule has 1 atom stereocenters. The van der Waals surface area contributed by atoms with Gasteiger partial charge in [0.15, 0.2) is 5.82 Å². The maximum absolute atomic E-state index is 13.2. The Hall–Kier alpha value is -5.91. The van der Waals surface area contributed by atoms with Gasteiger partial charge in [-0.15, -0.1) is 21.5 Å². The molecule has 2 saturated heterocycles. The fraction of sp³-hybridized carbons (Fsp3) is 0.357. The van der Waals surface area contributed by atoms with Gasteiger partial charge in [0, 0.05) is 79.2 Å². The highest BCUT2D eigenvalue weighted by Crippen LogP contribution is 2.37. The molecule has 0 aliphatic carbocycles. The van der Waals surface area contributed by atoms with Crippen LogP contribution in [-0.4, -0.2) is 90.0 Å². The van der Waals surface area contributed by atoms with Gasteiger partial charge in [0.1, 0.15) is 23.4 Å². The van der Waals surface area contributed by atoms with Gasteiger partial charge in [-0.05, 0) is 57.9 Å². The first kappa shape index (κ1) is 35.8. The number of likely N-dealkylation sites (tertiary alicyclic amines) is 1. The SMILES string of the molecule is Cc1ccc(C2=NCc3nnc(C)n3-c3sc(C#Cc4cnn(CCCN5CC(CNc6cccc7c6CN(C6CCC(=O)NC6=O)C7=O)C5)c4)c(C)c32)cc1. The van der Waals surface area contributed by atoms with Crippen LogP contribution in [0.2, 0.25) is 0 Å². The number of aromatic nitrogens is 5. The molecule has 2 aromatic carbocycles. The van der Waals surface area contributed by atoms with Crippen LogP contribution in [0.3, 0.4) is 0 Å². The van der Waals surface area contributed by atoms with E-state index in [0.717, 1.165) is 99.9 Å². The maximum Gasteiger partial charge on any atom is 0.255 e. The van der Waals surface area contributed by atoms with E-state index in [4.69, 9.17) is 4.99 Å². The third-order valence-corrected chi connectivity index (χ3v) is 12.4. The summed E-state index contributed by atoms with van der Waals surface area (Å²) < 4.78 is 4.10. The summed E-state index contributed by atoms with van der Waals surface area (Å²) in [6.45, 7) is 11.7. The number of fused-ring (bicyclic) bond motifs is 4. The molecule has 0 saturated carbocycles. The molecule has 9 rings (SSSR count). The first-order valence-corrected chi connectivity index (χ1v) is 20.0. The number of nitrogens with one attached hydrogen (secondary N) is 2. The van der Waals surface area contributed by atoms with E-state index in [0.29, 0.717) is 31.0 Å². The van der Waals surface area contributed by atoms with Gasteiger partial charge in [-0.25, -0.2) is 0 Å². The van der Waals surface area contributed by atoms with Gasteiger partial charge in [-0.3, -0.25) is 33.9 Å². The molecule has 4 aliphatic rings. The minimum atomic E-state index is -0.614. The summed E-state index contributed by atoms with van der Waals surface area (Å²) in [6, 6.07) is 13.6. The highest BCUT2D eigenvalue weighted by Gasteiger charge is 2.40. The number of rotatable bonds is 9. The van der Waals surface area contributed by atoms with Crippen molar-refractivity contribution in [2.45, 2.75) is 65.7 Å². The summed E-state index contributed by atoms with van der Waals surface area (Å²) in [5.74, 6) is 8.16. The van der Waals surface area contributed by atoms with Crippen molar-refractivity contribution in [3.05, 3.63) is 110 Å². The summed E-state index contributed by atoms with van der Waals surface area (Å²) in [5, 5.41) is 20.4. The predicted molar refractivity (Wildman–Crippen MR) is 213 cm³/mol. The van der Waals surface area contributed by atoms with Gasteiger partial charge in [-0.1, -0.05) is 47.7 Å². The van der Waals surface area contributed by atoms with E-state index >= 15 is 0 Å². The number of thiophene rings is 1. The Bertz CT molecular complexity index is 2480. The Morgan fingerprint density at radius 3 is 2.66 bits per heavy atom. The third kappa shape index (κ3) is 6.71. The standard InChI is InChI=1S/C42H42N10O3S/c1-25-8-11-30(12-9-25)39-38-26(2)35(56-42(38)52-27(3)47-48-36(52)20-44-39)14-10-28-19-45-50(23-28)17-5-16-49-21-29(22-49)18-43-33-7-4-6-31-32(33)24-51(41(31)55)34-13-15-37(53)46-40(34)54/h4,6-9,11-12,19,23,29,34,43H,5,13,15-18,20-22,24H2,1-3H3,(H,46,53,54). The Labute approximate surface area is 328 Å². The molecule has 2 N–H and O–H groups in total. The van der Waals surface area contributed by atoms with Crippen molar-refractivity contribution in [2.75, 3.05) is 31.5 Å². The van der Waals surface area contributed by atoms with E-state index in [2.05, 4.69) is 85.4 Å².